The molecule has 1 aliphatic rings. The third kappa shape index (κ3) is 4.41. The van der Waals surface area contributed by atoms with E-state index in [2.05, 4.69) is 26.9 Å². The van der Waals surface area contributed by atoms with Crippen molar-refractivity contribution in [1.29, 1.82) is 0 Å². The van der Waals surface area contributed by atoms with Crippen LogP contribution < -0.4 is 26.4 Å². The molecule has 0 radical (unpaired) electrons. The number of anilines is 2. The van der Waals surface area contributed by atoms with Gasteiger partial charge in [-0.05, 0) is 12.1 Å². The number of benzene rings is 1. The van der Waals surface area contributed by atoms with Crippen LogP contribution in [0.1, 0.15) is 7.43 Å². The summed E-state index contributed by atoms with van der Waals surface area (Å²) < 4.78 is 20.3. The van der Waals surface area contributed by atoms with E-state index >= 15 is 0 Å². The molecule has 0 amide bonds. The van der Waals surface area contributed by atoms with Crippen molar-refractivity contribution in [2.45, 2.75) is 7.43 Å². The quantitative estimate of drug-likeness (QED) is 0.479. The van der Waals surface area contributed by atoms with Gasteiger partial charge in [-0.1, -0.05) is 14.0 Å². The van der Waals surface area contributed by atoms with Crippen LogP contribution in [0, 0.1) is 0 Å². The monoisotopic (exact) mass is 348 g/mol. The fraction of sp³-hybridized carbons (Fsp3) is 0.312. The number of H-pyrrole nitrogens is 1. The van der Waals surface area contributed by atoms with Gasteiger partial charge in [0.25, 0.3) is 5.56 Å². The Hall–Kier alpha value is -2.75. The Labute approximate surface area is 143 Å². The topological polar surface area (TPSA) is 107 Å². The molecule has 0 atom stereocenters. The van der Waals surface area contributed by atoms with Gasteiger partial charge in [0.15, 0.2) is 24.8 Å². The van der Waals surface area contributed by atoms with Gasteiger partial charge in [-0.2, -0.15) is 0 Å². The lowest BCUT2D eigenvalue weighted by molar-refractivity contribution is -0.145. The van der Waals surface area contributed by atoms with Crippen LogP contribution in [0.25, 0.3) is 6.58 Å². The minimum Gasteiger partial charge on any atom is -0.467 e. The summed E-state index contributed by atoms with van der Waals surface area (Å²) in [6.07, 6.45) is 0. The summed E-state index contributed by atoms with van der Waals surface area (Å²) >= 11 is 0. The van der Waals surface area contributed by atoms with Crippen molar-refractivity contribution < 1.29 is 18.9 Å². The molecular weight excluding hydrogens is 328 g/mol. The van der Waals surface area contributed by atoms with Gasteiger partial charge in [0.2, 0.25) is 0 Å². The lowest BCUT2D eigenvalue weighted by Gasteiger charge is -2.15. The van der Waals surface area contributed by atoms with E-state index in [1.54, 1.807) is 18.2 Å². The maximum absolute atomic E-state index is 11.9. The van der Waals surface area contributed by atoms with Gasteiger partial charge >= 0.3 is 0 Å². The number of fused-ring (bicyclic) bond motifs is 2. The molecule has 1 aromatic carbocycles. The van der Waals surface area contributed by atoms with E-state index in [-0.39, 0.29) is 44.2 Å². The van der Waals surface area contributed by atoms with Crippen LogP contribution in [0.2, 0.25) is 0 Å². The zero-order valence-electron chi connectivity index (χ0n) is 13.0. The average molecular weight is 348 g/mol. The van der Waals surface area contributed by atoms with Crippen molar-refractivity contribution >= 4 is 23.8 Å². The molecule has 1 aromatic heterocycles. The maximum atomic E-state index is 11.9. The lowest BCUT2D eigenvalue weighted by Crippen LogP contribution is -2.38. The van der Waals surface area contributed by atoms with Crippen molar-refractivity contribution in [2.24, 2.45) is 4.99 Å². The van der Waals surface area contributed by atoms with Crippen molar-refractivity contribution in [1.82, 2.24) is 9.97 Å². The average Bonchev–Trinajstić information content (AvgIpc) is 2.56. The second kappa shape index (κ2) is 8.38. The van der Waals surface area contributed by atoms with E-state index in [0.29, 0.717) is 22.9 Å². The molecule has 0 spiro atoms. The third-order valence-electron chi connectivity index (χ3n) is 3.07. The fourth-order valence-electron chi connectivity index (χ4n) is 2.08. The Balaban J connectivity index is 0.00000225. The summed E-state index contributed by atoms with van der Waals surface area (Å²) in [5.41, 5.74) is 1.21. The minimum atomic E-state index is -0.340. The first-order valence-corrected chi connectivity index (χ1v) is 7.03. The highest BCUT2D eigenvalue weighted by atomic mass is 16.8. The SMILES string of the molecule is C.C=c1nc2c(c(=O)[nH]1)=Nc1ccc(OCOCOCOC)cc1N2. The molecule has 134 valence electrons. The fourth-order valence-corrected chi connectivity index (χ4v) is 2.08. The number of ether oxygens (including phenoxy) is 4. The summed E-state index contributed by atoms with van der Waals surface area (Å²) in [4.78, 5) is 22.8. The minimum absolute atomic E-state index is 0. The number of nitrogens with one attached hydrogen (secondary N) is 2. The van der Waals surface area contributed by atoms with E-state index in [4.69, 9.17) is 18.9 Å². The van der Waals surface area contributed by atoms with E-state index in [1.807, 2.05) is 0 Å². The van der Waals surface area contributed by atoms with Crippen LogP contribution in [0.5, 0.6) is 5.75 Å². The molecule has 0 bridgehead atoms. The molecule has 0 fully saturated rings. The van der Waals surface area contributed by atoms with Crippen LogP contribution >= 0.6 is 0 Å². The van der Waals surface area contributed by atoms with Crippen LogP contribution in [-0.4, -0.2) is 37.5 Å². The molecule has 0 unspecified atom stereocenters. The van der Waals surface area contributed by atoms with Crippen molar-refractivity contribution in [3.8, 4) is 5.75 Å². The molecule has 9 heteroatoms. The molecular formula is C16H20N4O5. The van der Waals surface area contributed by atoms with Gasteiger partial charge in [-0.3, -0.25) is 4.79 Å². The highest BCUT2D eigenvalue weighted by molar-refractivity contribution is 5.74. The largest absolute Gasteiger partial charge is 0.467 e. The van der Waals surface area contributed by atoms with Gasteiger partial charge < -0.3 is 29.2 Å². The van der Waals surface area contributed by atoms with E-state index in [0.717, 1.165) is 0 Å². The second-order valence-electron chi connectivity index (χ2n) is 4.82. The highest BCUT2D eigenvalue weighted by Crippen LogP contribution is 2.32. The lowest BCUT2D eigenvalue weighted by atomic mass is 10.2. The zero-order valence-corrected chi connectivity index (χ0v) is 13.0. The number of methoxy groups -OCH3 is 1. The molecule has 0 aliphatic carbocycles. The van der Waals surface area contributed by atoms with Crippen molar-refractivity contribution in [3.63, 3.8) is 0 Å². The number of nitrogens with zero attached hydrogens (tertiary/aromatic N) is 2. The first-order valence-electron chi connectivity index (χ1n) is 7.03. The van der Waals surface area contributed by atoms with E-state index in [9.17, 15) is 4.79 Å². The Bertz CT molecular complexity index is 896. The van der Waals surface area contributed by atoms with E-state index in [1.165, 1.54) is 7.11 Å². The van der Waals surface area contributed by atoms with Crippen LogP contribution in [0.15, 0.2) is 28.0 Å². The molecule has 0 saturated carbocycles. The number of rotatable bonds is 7. The first kappa shape index (κ1) is 18.6. The Morgan fingerprint density at radius 2 is 2.00 bits per heavy atom. The number of aromatic amines is 1. The molecule has 2 aromatic rings. The predicted molar refractivity (Wildman–Crippen MR) is 91.7 cm³/mol. The van der Waals surface area contributed by atoms with E-state index < -0.39 is 0 Å². The first-order chi connectivity index (χ1) is 11.7. The number of hydrogen-bond acceptors (Lipinski definition) is 8. The summed E-state index contributed by atoms with van der Waals surface area (Å²) in [6, 6.07) is 5.21. The van der Waals surface area contributed by atoms with Gasteiger partial charge in [-0.15, -0.1) is 0 Å². The number of hydrogen-bond donors (Lipinski definition) is 2. The summed E-state index contributed by atoms with van der Waals surface area (Å²) in [6.45, 7) is 3.87. The molecule has 9 nitrogen and oxygen atoms in total. The Morgan fingerprint density at radius 1 is 1.20 bits per heavy atom. The van der Waals surface area contributed by atoms with Gasteiger partial charge in [-0.25, -0.2) is 9.98 Å². The molecule has 0 saturated heterocycles. The standard InChI is InChI=1S/C15H16N4O5.CH4/c1-9-16-14-13(15(20)17-9)18-11-4-3-10(5-12(11)19-14)24-8-23-7-22-6-21-2;/h3-5H,1,6-8H2,2H3,(H,16,19)(H,17,20);1H4. The van der Waals surface area contributed by atoms with Crippen molar-refractivity contribution in [2.75, 3.05) is 32.8 Å². The third-order valence-corrected chi connectivity index (χ3v) is 3.07. The Kier molecular flexibility index (Phi) is 6.23. The van der Waals surface area contributed by atoms with Crippen molar-refractivity contribution in [3.05, 3.63) is 39.4 Å². The van der Waals surface area contributed by atoms with Gasteiger partial charge in [0.1, 0.15) is 18.0 Å². The zero-order chi connectivity index (χ0) is 16.9. The summed E-state index contributed by atoms with van der Waals surface area (Å²) in [5.74, 6) is 0.934. The second-order valence-corrected chi connectivity index (χ2v) is 4.82. The molecule has 25 heavy (non-hydrogen) atoms. The maximum Gasteiger partial charge on any atom is 0.279 e. The molecule has 3 rings (SSSR count). The van der Waals surface area contributed by atoms with Crippen LogP contribution in [0.3, 0.4) is 0 Å². The smallest absolute Gasteiger partial charge is 0.279 e. The van der Waals surface area contributed by atoms with Gasteiger partial charge in [0.05, 0.1) is 11.4 Å². The number of aromatic nitrogens is 2. The normalized spacial score (nSPS) is 11.4. The Morgan fingerprint density at radius 3 is 2.80 bits per heavy atom. The summed E-state index contributed by atoms with van der Waals surface area (Å²) in [7, 11) is 1.53. The predicted octanol–water partition coefficient (Wildman–Crippen LogP) is 0.755. The highest BCUT2D eigenvalue weighted by Gasteiger charge is 2.14. The molecule has 1 aliphatic heterocycles. The summed E-state index contributed by atoms with van der Waals surface area (Å²) in [5, 5.41) is 3.28. The van der Waals surface area contributed by atoms with Crippen LogP contribution in [0.4, 0.5) is 17.2 Å². The van der Waals surface area contributed by atoms with Gasteiger partial charge in [0, 0.05) is 13.2 Å². The van der Waals surface area contributed by atoms with Crippen LogP contribution in [-0.2, 0) is 14.2 Å². The molecule has 2 heterocycles. The molecule has 2 N–H and O–H groups in total.